The van der Waals surface area contributed by atoms with Crippen LogP contribution < -0.4 is 0 Å². The highest BCUT2D eigenvalue weighted by molar-refractivity contribution is 7.95. The molecule has 3 heteroatoms. The fourth-order valence-electron chi connectivity index (χ4n) is 0.250. The van der Waals surface area contributed by atoms with Crippen molar-refractivity contribution in [3.05, 3.63) is 12.2 Å². The van der Waals surface area contributed by atoms with E-state index in [4.69, 9.17) is 4.18 Å². The molecule has 58 valence electrons. The number of rotatable bonds is 4. The first-order chi connectivity index (χ1) is 4.68. The Hall–Kier alpha value is -0.440. The van der Waals surface area contributed by atoms with Crippen LogP contribution in [0.4, 0.5) is 0 Å². The highest BCUT2D eigenvalue weighted by Crippen LogP contribution is 2.06. The molecule has 0 aromatic carbocycles. The lowest BCUT2D eigenvalue weighted by molar-refractivity contribution is -0.128. The summed E-state index contributed by atoms with van der Waals surface area (Å²) in [5.41, 5.74) is 0.448. The van der Waals surface area contributed by atoms with Gasteiger partial charge in [-0.2, -0.15) is 0 Å². The first-order valence-corrected chi connectivity index (χ1v) is 4.08. The van der Waals surface area contributed by atoms with E-state index in [1.54, 1.807) is 6.92 Å². The monoisotopic (exact) mass is 160 g/mol. The summed E-state index contributed by atoms with van der Waals surface area (Å²) in [6, 6.07) is 0. The summed E-state index contributed by atoms with van der Waals surface area (Å²) in [5.74, 6) is 0.525. The minimum Gasteiger partial charge on any atom is -0.388 e. The van der Waals surface area contributed by atoms with Crippen molar-refractivity contribution in [1.82, 2.24) is 0 Å². The Kier molecular flexibility index (Phi) is 5.12. The van der Waals surface area contributed by atoms with Gasteiger partial charge in [-0.3, -0.25) is 0 Å². The summed E-state index contributed by atoms with van der Waals surface area (Å²) in [6.07, 6.45) is 1.01. The minimum atomic E-state index is -0.321. The Labute approximate surface area is 65.8 Å². The number of hydrogen-bond donors (Lipinski definition) is 0. The van der Waals surface area contributed by atoms with Crippen LogP contribution in [0.15, 0.2) is 12.2 Å². The third-order valence-electron chi connectivity index (χ3n) is 0.771. The van der Waals surface area contributed by atoms with Gasteiger partial charge in [0.2, 0.25) is 0 Å². The third kappa shape index (κ3) is 4.44. The molecule has 0 spiro atoms. The molecule has 0 rings (SSSR count). The van der Waals surface area contributed by atoms with E-state index in [1.807, 2.05) is 6.92 Å². The van der Waals surface area contributed by atoms with E-state index in [1.165, 1.54) is 12.0 Å². The van der Waals surface area contributed by atoms with Gasteiger partial charge in [-0.15, -0.1) is 0 Å². The maximum Gasteiger partial charge on any atom is 0.345 e. The number of carbonyl (C=O) groups excluding carboxylic acids is 1. The van der Waals surface area contributed by atoms with Gasteiger partial charge in [-0.25, -0.2) is 4.79 Å². The molecule has 0 aliphatic rings. The smallest absolute Gasteiger partial charge is 0.345 e. The van der Waals surface area contributed by atoms with E-state index >= 15 is 0 Å². The maximum absolute atomic E-state index is 10.7. The molecule has 2 nitrogen and oxygen atoms in total. The second-order valence-electron chi connectivity index (χ2n) is 1.97. The van der Waals surface area contributed by atoms with E-state index in [-0.39, 0.29) is 5.97 Å². The normalized spacial score (nSPS) is 9.00. The van der Waals surface area contributed by atoms with Crippen molar-refractivity contribution in [2.75, 3.05) is 5.75 Å². The molecule has 0 bridgehead atoms. The first kappa shape index (κ1) is 9.56. The summed E-state index contributed by atoms with van der Waals surface area (Å²) in [4.78, 5) is 10.7. The van der Waals surface area contributed by atoms with Crippen molar-refractivity contribution in [3.8, 4) is 0 Å². The average molecular weight is 160 g/mol. The summed E-state index contributed by atoms with van der Waals surface area (Å²) < 4.78 is 4.72. The molecule has 0 aromatic heterocycles. The van der Waals surface area contributed by atoms with Crippen LogP contribution in [-0.4, -0.2) is 11.7 Å². The van der Waals surface area contributed by atoms with Gasteiger partial charge in [-0.05, 0) is 13.3 Å². The molecule has 0 atom stereocenters. The van der Waals surface area contributed by atoms with E-state index in [9.17, 15) is 4.79 Å². The average Bonchev–Trinajstić information content (AvgIpc) is 1.88. The Morgan fingerprint density at radius 2 is 2.30 bits per heavy atom. The highest BCUT2D eigenvalue weighted by Gasteiger charge is 2.01. The summed E-state index contributed by atoms with van der Waals surface area (Å²) in [6.45, 7) is 7.11. The first-order valence-electron chi connectivity index (χ1n) is 3.17. The molecule has 0 unspecified atom stereocenters. The van der Waals surface area contributed by atoms with Crippen LogP contribution in [0.2, 0.25) is 0 Å². The number of carbonyl (C=O) groups is 1. The lowest BCUT2D eigenvalue weighted by Crippen LogP contribution is -1.98. The molecule has 0 heterocycles. The largest absolute Gasteiger partial charge is 0.388 e. The summed E-state index contributed by atoms with van der Waals surface area (Å²) in [7, 11) is 0. The van der Waals surface area contributed by atoms with Gasteiger partial charge in [0.25, 0.3) is 0 Å². The lowest BCUT2D eigenvalue weighted by Gasteiger charge is -1.98. The Morgan fingerprint density at radius 1 is 1.70 bits per heavy atom. The topological polar surface area (TPSA) is 26.3 Å². The lowest BCUT2D eigenvalue weighted by atomic mass is 10.4. The molecule has 0 aliphatic heterocycles. The van der Waals surface area contributed by atoms with Gasteiger partial charge >= 0.3 is 5.97 Å². The highest BCUT2D eigenvalue weighted by atomic mass is 32.2. The van der Waals surface area contributed by atoms with Gasteiger partial charge < -0.3 is 4.18 Å². The van der Waals surface area contributed by atoms with Gasteiger partial charge in [0.05, 0.1) is 12.0 Å². The van der Waals surface area contributed by atoms with Crippen molar-refractivity contribution in [2.24, 2.45) is 0 Å². The van der Waals surface area contributed by atoms with E-state index < -0.39 is 0 Å². The summed E-state index contributed by atoms with van der Waals surface area (Å²) in [5, 5.41) is 0. The number of hydrogen-bond acceptors (Lipinski definition) is 3. The Morgan fingerprint density at radius 3 is 2.70 bits per heavy atom. The molecule has 0 radical (unpaired) electrons. The molecule has 10 heavy (non-hydrogen) atoms. The summed E-state index contributed by atoms with van der Waals surface area (Å²) >= 11 is 1.18. The molecular formula is C7H12O2S. The molecule has 0 amide bonds. The van der Waals surface area contributed by atoms with Crippen molar-refractivity contribution in [3.63, 3.8) is 0 Å². The molecule has 0 aromatic rings. The fraction of sp³-hybridized carbons (Fsp3) is 0.571. The van der Waals surface area contributed by atoms with Gasteiger partial charge in [0.15, 0.2) is 0 Å². The van der Waals surface area contributed by atoms with Crippen LogP contribution in [-0.2, 0) is 8.98 Å². The standard InChI is InChI=1S/C7H12O2S/c1-4-5-10-9-7(8)6(2)3/h2,4-5H2,1,3H3. The van der Waals surface area contributed by atoms with Crippen LogP contribution in [0.25, 0.3) is 0 Å². The van der Waals surface area contributed by atoms with Crippen LogP contribution in [0.3, 0.4) is 0 Å². The molecule has 0 fully saturated rings. The van der Waals surface area contributed by atoms with Crippen LogP contribution >= 0.6 is 12.0 Å². The van der Waals surface area contributed by atoms with Gasteiger partial charge in [0, 0.05) is 11.3 Å². The Bertz CT molecular complexity index is 132. The zero-order valence-corrected chi connectivity index (χ0v) is 7.16. The van der Waals surface area contributed by atoms with Crippen LogP contribution in [0.5, 0.6) is 0 Å². The molecule has 0 saturated carbocycles. The van der Waals surface area contributed by atoms with Crippen molar-refractivity contribution in [1.29, 1.82) is 0 Å². The minimum absolute atomic E-state index is 0.321. The molecular weight excluding hydrogens is 148 g/mol. The molecule has 0 saturated heterocycles. The zero-order valence-electron chi connectivity index (χ0n) is 6.35. The van der Waals surface area contributed by atoms with Gasteiger partial charge in [0.1, 0.15) is 0 Å². The fourth-order valence-corrected chi connectivity index (χ4v) is 0.749. The second-order valence-corrected chi connectivity index (χ2v) is 2.78. The third-order valence-corrected chi connectivity index (χ3v) is 1.61. The van der Waals surface area contributed by atoms with Crippen LogP contribution in [0.1, 0.15) is 20.3 Å². The van der Waals surface area contributed by atoms with E-state index in [0.717, 1.165) is 12.2 Å². The SMILES string of the molecule is C=C(C)C(=O)OSCCC. The van der Waals surface area contributed by atoms with Crippen LogP contribution in [0, 0.1) is 0 Å². The zero-order chi connectivity index (χ0) is 7.98. The van der Waals surface area contributed by atoms with E-state index in [2.05, 4.69) is 6.58 Å². The quantitative estimate of drug-likeness (QED) is 0.358. The van der Waals surface area contributed by atoms with E-state index in [0.29, 0.717) is 5.57 Å². The Balaban J connectivity index is 3.31. The van der Waals surface area contributed by atoms with Crippen molar-refractivity contribution < 1.29 is 8.98 Å². The molecule has 0 N–H and O–H groups in total. The molecule has 0 aliphatic carbocycles. The second kappa shape index (κ2) is 5.35. The predicted molar refractivity (Wildman–Crippen MR) is 43.7 cm³/mol. The van der Waals surface area contributed by atoms with Gasteiger partial charge in [-0.1, -0.05) is 13.5 Å². The predicted octanol–water partition coefficient (Wildman–Crippen LogP) is 2.16. The maximum atomic E-state index is 10.7. The van der Waals surface area contributed by atoms with Crippen molar-refractivity contribution >= 4 is 18.0 Å². The van der Waals surface area contributed by atoms with Crippen molar-refractivity contribution in [2.45, 2.75) is 20.3 Å².